The van der Waals surface area contributed by atoms with E-state index in [0.717, 1.165) is 5.75 Å². The molecule has 0 fully saturated rings. The molecule has 0 bridgehead atoms. The average molecular weight is 301 g/mol. The van der Waals surface area contributed by atoms with E-state index in [1.807, 2.05) is 13.2 Å². The van der Waals surface area contributed by atoms with E-state index in [1.54, 1.807) is 23.7 Å². The van der Waals surface area contributed by atoms with E-state index in [9.17, 15) is 9.59 Å². The zero-order chi connectivity index (χ0) is 15.1. The van der Waals surface area contributed by atoms with Crippen LogP contribution >= 0.6 is 11.8 Å². The van der Waals surface area contributed by atoms with E-state index in [0.29, 0.717) is 13.1 Å². The molecule has 0 spiro atoms. The minimum Gasteiger partial charge on any atom is -0.476 e. The number of aromatic carboxylic acids is 1. The number of carbonyl (C=O) groups is 2. The second-order valence-electron chi connectivity index (χ2n) is 4.32. The van der Waals surface area contributed by atoms with Gasteiger partial charge in [-0.3, -0.25) is 0 Å². The molecular formula is C11H19N5O3S. The lowest BCUT2D eigenvalue weighted by Crippen LogP contribution is -2.44. The number of hydrogen-bond acceptors (Lipinski definition) is 5. The van der Waals surface area contributed by atoms with E-state index in [1.165, 1.54) is 10.9 Å². The summed E-state index contributed by atoms with van der Waals surface area (Å²) >= 11 is 1.68. The van der Waals surface area contributed by atoms with E-state index >= 15 is 0 Å². The molecule has 0 aliphatic rings. The van der Waals surface area contributed by atoms with E-state index in [4.69, 9.17) is 5.11 Å². The SMILES string of the molecule is CSCC(C)N(C)C(=O)NCCn1cc(C(=O)O)nn1. The van der Waals surface area contributed by atoms with Gasteiger partial charge in [0.25, 0.3) is 0 Å². The summed E-state index contributed by atoms with van der Waals surface area (Å²) in [5, 5.41) is 18.6. The van der Waals surface area contributed by atoms with Crippen molar-refractivity contribution in [1.82, 2.24) is 25.2 Å². The number of amides is 2. The van der Waals surface area contributed by atoms with Crippen molar-refractivity contribution in [3.8, 4) is 0 Å². The molecule has 1 rings (SSSR count). The third-order valence-electron chi connectivity index (χ3n) is 2.76. The Morgan fingerprint density at radius 3 is 2.85 bits per heavy atom. The van der Waals surface area contributed by atoms with Gasteiger partial charge in [0, 0.05) is 25.4 Å². The van der Waals surface area contributed by atoms with Crippen LogP contribution in [-0.4, -0.2) is 68.6 Å². The average Bonchev–Trinajstić information content (AvgIpc) is 2.87. The molecule has 0 saturated heterocycles. The fourth-order valence-electron chi connectivity index (χ4n) is 1.46. The van der Waals surface area contributed by atoms with Crippen LogP contribution in [-0.2, 0) is 6.54 Å². The van der Waals surface area contributed by atoms with Crippen molar-refractivity contribution < 1.29 is 14.7 Å². The van der Waals surface area contributed by atoms with E-state index in [-0.39, 0.29) is 17.8 Å². The lowest BCUT2D eigenvalue weighted by Gasteiger charge is -2.24. The van der Waals surface area contributed by atoms with Crippen LogP contribution in [0.4, 0.5) is 4.79 Å². The Balaban J connectivity index is 2.35. The van der Waals surface area contributed by atoms with Gasteiger partial charge >= 0.3 is 12.0 Å². The second kappa shape index (κ2) is 7.73. The first-order valence-corrected chi connectivity index (χ1v) is 7.48. The van der Waals surface area contributed by atoms with Crippen LogP contribution in [0.25, 0.3) is 0 Å². The number of urea groups is 1. The van der Waals surface area contributed by atoms with Crippen molar-refractivity contribution >= 4 is 23.8 Å². The molecule has 0 saturated carbocycles. The summed E-state index contributed by atoms with van der Waals surface area (Å²) < 4.78 is 1.38. The van der Waals surface area contributed by atoms with Crippen LogP contribution in [0.3, 0.4) is 0 Å². The molecule has 2 N–H and O–H groups in total. The zero-order valence-electron chi connectivity index (χ0n) is 11.7. The maximum Gasteiger partial charge on any atom is 0.358 e. The summed E-state index contributed by atoms with van der Waals surface area (Å²) in [5.74, 6) is -0.250. The van der Waals surface area contributed by atoms with Gasteiger partial charge in [-0.25, -0.2) is 14.3 Å². The molecule has 0 aromatic carbocycles. The quantitative estimate of drug-likeness (QED) is 0.754. The standard InChI is InChI=1S/C11H19N5O3S/c1-8(7-20-3)15(2)11(19)12-4-5-16-6-9(10(17)18)13-14-16/h6,8H,4-5,7H2,1-3H3,(H,12,19)(H,17,18). The van der Waals surface area contributed by atoms with Gasteiger partial charge in [-0.15, -0.1) is 5.10 Å². The van der Waals surface area contributed by atoms with Gasteiger partial charge in [0.05, 0.1) is 12.7 Å². The normalized spacial score (nSPS) is 11.9. The van der Waals surface area contributed by atoms with Crippen LogP contribution in [0.2, 0.25) is 0 Å². The van der Waals surface area contributed by atoms with Crippen LogP contribution in [0.15, 0.2) is 6.20 Å². The molecule has 1 aromatic rings. The van der Waals surface area contributed by atoms with Crippen molar-refractivity contribution in [2.24, 2.45) is 0 Å². The Hall–Kier alpha value is -1.77. The number of hydrogen-bond donors (Lipinski definition) is 2. The summed E-state index contributed by atoms with van der Waals surface area (Å²) in [6.45, 7) is 2.71. The Bertz CT molecular complexity index is 465. The van der Waals surface area contributed by atoms with Gasteiger partial charge in [0.15, 0.2) is 5.69 Å². The maximum absolute atomic E-state index is 11.8. The largest absolute Gasteiger partial charge is 0.476 e. The number of carboxylic acid groups (broad SMARTS) is 1. The predicted octanol–water partition coefficient (Wildman–Crippen LogP) is 0.369. The molecule has 1 unspecified atom stereocenters. The van der Waals surface area contributed by atoms with E-state index < -0.39 is 5.97 Å². The van der Waals surface area contributed by atoms with Gasteiger partial charge in [-0.1, -0.05) is 5.21 Å². The van der Waals surface area contributed by atoms with Crippen LogP contribution < -0.4 is 5.32 Å². The van der Waals surface area contributed by atoms with Gasteiger partial charge < -0.3 is 15.3 Å². The number of nitrogens with zero attached hydrogens (tertiary/aromatic N) is 4. The third kappa shape index (κ3) is 4.72. The van der Waals surface area contributed by atoms with E-state index in [2.05, 4.69) is 15.6 Å². The van der Waals surface area contributed by atoms with Gasteiger partial charge in [0.1, 0.15) is 0 Å². The lowest BCUT2D eigenvalue weighted by atomic mass is 10.3. The number of nitrogens with one attached hydrogen (secondary N) is 1. The highest BCUT2D eigenvalue weighted by Crippen LogP contribution is 2.03. The monoisotopic (exact) mass is 301 g/mol. The molecule has 20 heavy (non-hydrogen) atoms. The molecule has 0 aliphatic carbocycles. The first kappa shape index (κ1) is 16.3. The number of carbonyl (C=O) groups excluding carboxylic acids is 1. The van der Waals surface area contributed by atoms with Crippen molar-refractivity contribution in [2.45, 2.75) is 19.5 Å². The van der Waals surface area contributed by atoms with Gasteiger partial charge in [-0.2, -0.15) is 11.8 Å². The highest BCUT2D eigenvalue weighted by Gasteiger charge is 2.14. The lowest BCUT2D eigenvalue weighted by molar-refractivity contribution is 0.0690. The van der Waals surface area contributed by atoms with Crippen molar-refractivity contribution in [1.29, 1.82) is 0 Å². The molecule has 1 aromatic heterocycles. The molecule has 112 valence electrons. The molecular weight excluding hydrogens is 282 g/mol. The summed E-state index contributed by atoms with van der Waals surface area (Å²) in [5.41, 5.74) is -0.109. The molecule has 0 aliphatic heterocycles. The fraction of sp³-hybridized carbons (Fsp3) is 0.636. The molecule has 0 radical (unpaired) electrons. The Labute approximate surface area is 121 Å². The summed E-state index contributed by atoms with van der Waals surface area (Å²) in [4.78, 5) is 24.1. The molecule has 8 nitrogen and oxygen atoms in total. The highest BCUT2D eigenvalue weighted by molar-refractivity contribution is 7.98. The number of rotatable bonds is 7. The Kier molecular flexibility index (Phi) is 6.29. The Morgan fingerprint density at radius 2 is 2.30 bits per heavy atom. The third-order valence-corrected chi connectivity index (χ3v) is 3.58. The smallest absolute Gasteiger partial charge is 0.358 e. The predicted molar refractivity (Wildman–Crippen MR) is 76.0 cm³/mol. The van der Waals surface area contributed by atoms with Crippen LogP contribution in [0, 0.1) is 0 Å². The fourth-order valence-corrected chi connectivity index (χ4v) is 2.17. The number of aromatic nitrogens is 3. The zero-order valence-corrected chi connectivity index (χ0v) is 12.6. The molecule has 2 amide bonds. The second-order valence-corrected chi connectivity index (χ2v) is 5.23. The first-order chi connectivity index (χ1) is 9.45. The molecule has 9 heteroatoms. The van der Waals surface area contributed by atoms with Crippen LogP contribution in [0.5, 0.6) is 0 Å². The minimum absolute atomic E-state index is 0.109. The molecule has 1 heterocycles. The summed E-state index contributed by atoms with van der Waals surface area (Å²) in [6, 6.07) is -0.0138. The van der Waals surface area contributed by atoms with Gasteiger partial charge in [-0.05, 0) is 13.2 Å². The summed E-state index contributed by atoms with van der Waals surface area (Å²) in [6.07, 6.45) is 3.32. The first-order valence-electron chi connectivity index (χ1n) is 6.08. The van der Waals surface area contributed by atoms with Crippen molar-refractivity contribution in [3.63, 3.8) is 0 Å². The van der Waals surface area contributed by atoms with Crippen molar-refractivity contribution in [3.05, 3.63) is 11.9 Å². The number of carboxylic acids is 1. The summed E-state index contributed by atoms with van der Waals surface area (Å²) in [7, 11) is 1.74. The highest BCUT2D eigenvalue weighted by atomic mass is 32.2. The molecule has 1 atom stereocenters. The number of thioether (sulfide) groups is 1. The van der Waals surface area contributed by atoms with Gasteiger partial charge in [0.2, 0.25) is 0 Å². The maximum atomic E-state index is 11.8. The van der Waals surface area contributed by atoms with Crippen molar-refractivity contribution in [2.75, 3.05) is 25.6 Å². The Morgan fingerprint density at radius 1 is 1.60 bits per heavy atom. The topological polar surface area (TPSA) is 100 Å². The minimum atomic E-state index is -1.12. The van der Waals surface area contributed by atoms with Crippen LogP contribution in [0.1, 0.15) is 17.4 Å².